The summed E-state index contributed by atoms with van der Waals surface area (Å²) in [7, 11) is 2.03. The van der Waals surface area contributed by atoms with Crippen LogP contribution < -0.4 is 5.73 Å². The predicted molar refractivity (Wildman–Crippen MR) is 49.7 cm³/mol. The van der Waals surface area contributed by atoms with Crippen molar-refractivity contribution in [1.29, 1.82) is 0 Å². The summed E-state index contributed by atoms with van der Waals surface area (Å²) in [4.78, 5) is 4.26. The Balaban J connectivity index is 2.46. The molecule has 3 nitrogen and oxygen atoms in total. The lowest BCUT2D eigenvalue weighted by molar-refractivity contribution is 0.515. The third-order valence-corrected chi connectivity index (χ3v) is 2.11. The molecule has 12 heavy (non-hydrogen) atoms. The molecule has 1 atom stereocenters. The largest absolute Gasteiger partial charge is 0.338 e. The molecule has 3 heteroatoms. The van der Waals surface area contributed by atoms with Gasteiger partial charge in [-0.25, -0.2) is 4.98 Å². The first-order valence-electron chi connectivity index (χ1n) is 4.40. The Morgan fingerprint density at radius 2 is 2.42 bits per heavy atom. The smallest absolute Gasteiger partial charge is 0.108 e. The van der Waals surface area contributed by atoms with E-state index in [2.05, 4.69) is 16.5 Å². The maximum absolute atomic E-state index is 5.47. The van der Waals surface area contributed by atoms with Crippen LogP contribution in [0.5, 0.6) is 0 Å². The predicted octanol–water partition coefficient (Wildman–Crippen LogP) is 0.947. The van der Waals surface area contributed by atoms with Crippen molar-refractivity contribution in [3.63, 3.8) is 0 Å². The molecule has 0 bridgehead atoms. The molecule has 0 aliphatic rings. The van der Waals surface area contributed by atoms with Crippen LogP contribution in [0.25, 0.3) is 0 Å². The number of imidazole rings is 1. The van der Waals surface area contributed by atoms with Crippen LogP contribution in [0.2, 0.25) is 0 Å². The SMILES string of the molecule is CC(CCN)Cc1nccn1C. The van der Waals surface area contributed by atoms with E-state index in [4.69, 9.17) is 5.73 Å². The maximum atomic E-state index is 5.47. The second kappa shape index (κ2) is 4.26. The number of hydrogen-bond donors (Lipinski definition) is 1. The van der Waals surface area contributed by atoms with E-state index in [9.17, 15) is 0 Å². The van der Waals surface area contributed by atoms with E-state index in [0.29, 0.717) is 5.92 Å². The minimum Gasteiger partial charge on any atom is -0.338 e. The first-order chi connectivity index (χ1) is 5.74. The molecular formula is C9H17N3. The van der Waals surface area contributed by atoms with Crippen LogP contribution in [0.3, 0.4) is 0 Å². The Morgan fingerprint density at radius 3 is 2.92 bits per heavy atom. The third kappa shape index (κ3) is 2.34. The van der Waals surface area contributed by atoms with Crippen molar-refractivity contribution in [3.05, 3.63) is 18.2 Å². The summed E-state index contributed by atoms with van der Waals surface area (Å²) >= 11 is 0. The lowest BCUT2D eigenvalue weighted by Crippen LogP contribution is -2.10. The molecule has 0 aromatic carbocycles. The van der Waals surface area contributed by atoms with Crippen molar-refractivity contribution in [1.82, 2.24) is 9.55 Å². The first-order valence-corrected chi connectivity index (χ1v) is 4.40. The van der Waals surface area contributed by atoms with E-state index in [1.807, 2.05) is 19.4 Å². The van der Waals surface area contributed by atoms with E-state index >= 15 is 0 Å². The lowest BCUT2D eigenvalue weighted by Gasteiger charge is -2.08. The summed E-state index contributed by atoms with van der Waals surface area (Å²) in [6.07, 6.45) is 5.92. The van der Waals surface area contributed by atoms with Gasteiger partial charge in [-0.05, 0) is 18.9 Å². The highest BCUT2D eigenvalue weighted by molar-refractivity contribution is 4.92. The number of hydrogen-bond acceptors (Lipinski definition) is 2. The van der Waals surface area contributed by atoms with Gasteiger partial charge in [0.2, 0.25) is 0 Å². The zero-order valence-corrected chi connectivity index (χ0v) is 7.83. The van der Waals surface area contributed by atoms with Crippen LogP contribution in [0, 0.1) is 5.92 Å². The van der Waals surface area contributed by atoms with Gasteiger partial charge in [0, 0.05) is 25.9 Å². The molecule has 1 aromatic rings. The fourth-order valence-electron chi connectivity index (χ4n) is 1.29. The van der Waals surface area contributed by atoms with Crippen LogP contribution in [0.4, 0.5) is 0 Å². The summed E-state index contributed by atoms with van der Waals surface area (Å²) in [5.74, 6) is 1.78. The first kappa shape index (κ1) is 9.26. The molecule has 0 saturated carbocycles. The summed E-state index contributed by atoms with van der Waals surface area (Å²) in [5, 5.41) is 0. The average Bonchev–Trinajstić information content (AvgIpc) is 2.37. The summed E-state index contributed by atoms with van der Waals surface area (Å²) in [5.41, 5.74) is 5.47. The molecule has 0 aliphatic heterocycles. The summed E-state index contributed by atoms with van der Waals surface area (Å²) < 4.78 is 2.06. The zero-order valence-electron chi connectivity index (χ0n) is 7.83. The number of nitrogens with two attached hydrogens (primary N) is 1. The molecule has 68 valence electrons. The van der Waals surface area contributed by atoms with Crippen molar-refractivity contribution in [2.45, 2.75) is 19.8 Å². The van der Waals surface area contributed by atoms with Gasteiger partial charge in [-0.15, -0.1) is 0 Å². The summed E-state index contributed by atoms with van der Waals surface area (Å²) in [6.45, 7) is 2.98. The fraction of sp³-hybridized carbons (Fsp3) is 0.667. The minimum absolute atomic E-state index is 0.635. The van der Waals surface area contributed by atoms with E-state index in [-0.39, 0.29) is 0 Å². The fourth-order valence-corrected chi connectivity index (χ4v) is 1.29. The molecule has 0 radical (unpaired) electrons. The van der Waals surface area contributed by atoms with E-state index < -0.39 is 0 Å². The minimum atomic E-state index is 0.635. The quantitative estimate of drug-likeness (QED) is 0.725. The zero-order chi connectivity index (χ0) is 8.97. The lowest BCUT2D eigenvalue weighted by atomic mass is 10.0. The topological polar surface area (TPSA) is 43.8 Å². The Labute approximate surface area is 73.6 Å². The molecule has 1 rings (SSSR count). The van der Waals surface area contributed by atoms with Crippen molar-refractivity contribution in [2.24, 2.45) is 18.7 Å². The number of aryl methyl sites for hydroxylation is 1. The van der Waals surface area contributed by atoms with E-state index in [1.165, 1.54) is 0 Å². The molecule has 0 saturated heterocycles. The van der Waals surface area contributed by atoms with Gasteiger partial charge in [0.25, 0.3) is 0 Å². The maximum Gasteiger partial charge on any atom is 0.108 e. The number of rotatable bonds is 4. The van der Waals surface area contributed by atoms with Crippen LogP contribution in [-0.2, 0) is 13.5 Å². The van der Waals surface area contributed by atoms with Gasteiger partial charge in [-0.3, -0.25) is 0 Å². The molecule has 0 fully saturated rings. The number of aromatic nitrogens is 2. The highest BCUT2D eigenvalue weighted by Gasteiger charge is 2.05. The summed E-state index contributed by atoms with van der Waals surface area (Å²) in [6, 6.07) is 0. The Hall–Kier alpha value is -0.830. The van der Waals surface area contributed by atoms with E-state index in [0.717, 1.165) is 25.2 Å². The Kier molecular flexibility index (Phi) is 3.29. The highest BCUT2D eigenvalue weighted by Crippen LogP contribution is 2.08. The monoisotopic (exact) mass is 167 g/mol. The van der Waals surface area contributed by atoms with Crippen molar-refractivity contribution in [3.8, 4) is 0 Å². The normalized spacial score (nSPS) is 13.2. The Bertz CT molecular complexity index is 229. The third-order valence-electron chi connectivity index (χ3n) is 2.11. The van der Waals surface area contributed by atoms with Gasteiger partial charge in [0.15, 0.2) is 0 Å². The van der Waals surface area contributed by atoms with Gasteiger partial charge in [-0.2, -0.15) is 0 Å². The average molecular weight is 167 g/mol. The van der Waals surface area contributed by atoms with Gasteiger partial charge in [0.1, 0.15) is 5.82 Å². The van der Waals surface area contributed by atoms with Crippen LogP contribution in [-0.4, -0.2) is 16.1 Å². The second-order valence-corrected chi connectivity index (χ2v) is 3.34. The molecule has 2 N–H and O–H groups in total. The van der Waals surface area contributed by atoms with Gasteiger partial charge in [-0.1, -0.05) is 6.92 Å². The van der Waals surface area contributed by atoms with E-state index in [1.54, 1.807) is 0 Å². The molecule has 1 unspecified atom stereocenters. The van der Waals surface area contributed by atoms with Gasteiger partial charge in [0.05, 0.1) is 0 Å². The molecule has 0 amide bonds. The standard InChI is InChI=1S/C9H17N3/c1-8(3-4-10)7-9-11-5-6-12(9)2/h5-6,8H,3-4,7,10H2,1-2H3. The molecule has 1 aromatic heterocycles. The van der Waals surface area contributed by atoms with Crippen molar-refractivity contribution < 1.29 is 0 Å². The van der Waals surface area contributed by atoms with Crippen molar-refractivity contribution >= 4 is 0 Å². The molecule has 0 aliphatic carbocycles. The van der Waals surface area contributed by atoms with Crippen molar-refractivity contribution in [2.75, 3.05) is 6.54 Å². The van der Waals surface area contributed by atoms with Crippen LogP contribution >= 0.6 is 0 Å². The van der Waals surface area contributed by atoms with Crippen LogP contribution in [0.1, 0.15) is 19.2 Å². The number of nitrogens with zero attached hydrogens (tertiary/aromatic N) is 2. The highest BCUT2D eigenvalue weighted by atomic mass is 15.0. The molecular weight excluding hydrogens is 150 g/mol. The van der Waals surface area contributed by atoms with Gasteiger partial charge < -0.3 is 10.3 Å². The molecule has 1 heterocycles. The van der Waals surface area contributed by atoms with Gasteiger partial charge >= 0.3 is 0 Å². The van der Waals surface area contributed by atoms with Crippen LogP contribution in [0.15, 0.2) is 12.4 Å². The second-order valence-electron chi connectivity index (χ2n) is 3.34. The molecule has 0 spiro atoms. The Morgan fingerprint density at radius 1 is 1.67 bits per heavy atom.